The topological polar surface area (TPSA) is 33.7 Å². The Kier molecular flexibility index (Phi) is 6.28. The fourth-order valence-electron chi connectivity index (χ4n) is 2.14. The molecule has 0 aromatic heterocycles. The highest BCUT2D eigenvalue weighted by Gasteiger charge is 2.27. The smallest absolute Gasteiger partial charge is 0.0710 e. The summed E-state index contributed by atoms with van der Waals surface area (Å²) in [5.74, 6) is 0. The zero-order valence-electron chi connectivity index (χ0n) is 11.0. The van der Waals surface area contributed by atoms with Crippen LogP contribution < -0.4 is 5.32 Å². The molecule has 2 atom stereocenters. The van der Waals surface area contributed by atoms with Crippen LogP contribution in [0.3, 0.4) is 0 Å². The summed E-state index contributed by atoms with van der Waals surface area (Å²) in [7, 11) is 3.57. The van der Waals surface area contributed by atoms with E-state index in [4.69, 9.17) is 9.47 Å². The molecule has 1 fully saturated rings. The summed E-state index contributed by atoms with van der Waals surface area (Å²) in [5, 5.41) is 3.48. The molecule has 4 nitrogen and oxygen atoms in total. The number of methoxy groups -OCH3 is 2. The van der Waals surface area contributed by atoms with Crippen LogP contribution in [-0.4, -0.2) is 63.5 Å². The first-order valence-corrected chi connectivity index (χ1v) is 6.16. The number of hydrogen-bond acceptors (Lipinski definition) is 4. The minimum absolute atomic E-state index is 0.401. The van der Waals surface area contributed by atoms with Gasteiger partial charge in [0.05, 0.1) is 12.7 Å². The first-order valence-electron chi connectivity index (χ1n) is 6.16. The number of nitrogens with one attached hydrogen (secondary N) is 1. The van der Waals surface area contributed by atoms with E-state index in [1.807, 2.05) is 0 Å². The largest absolute Gasteiger partial charge is 0.383 e. The number of ether oxygens (including phenoxy) is 2. The summed E-state index contributed by atoms with van der Waals surface area (Å²) in [6.07, 6.45) is 1.54. The second-order valence-electron chi connectivity index (χ2n) is 4.81. The fourth-order valence-corrected chi connectivity index (χ4v) is 2.14. The van der Waals surface area contributed by atoms with Gasteiger partial charge < -0.3 is 14.8 Å². The molecule has 1 aliphatic heterocycles. The van der Waals surface area contributed by atoms with E-state index in [1.54, 1.807) is 14.2 Å². The molecular formula is C12H26N2O2. The van der Waals surface area contributed by atoms with E-state index in [0.717, 1.165) is 32.7 Å². The first-order chi connectivity index (χ1) is 7.67. The van der Waals surface area contributed by atoms with Crippen molar-refractivity contribution in [1.82, 2.24) is 10.2 Å². The van der Waals surface area contributed by atoms with Crippen molar-refractivity contribution < 1.29 is 9.47 Å². The summed E-state index contributed by atoms with van der Waals surface area (Å²) in [6, 6.07) is 0.993. The Bertz CT molecular complexity index is 188. The molecule has 2 unspecified atom stereocenters. The number of nitrogens with zero attached hydrogens (tertiary/aromatic N) is 1. The Balaban J connectivity index is 2.37. The summed E-state index contributed by atoms with van der Waals surface area (Å²) in [4.78, 5) is 2.47. The maximum atomic E-state index is 5.39. The van der Waals surface area contributed by atoms with Crippen LogP contribution in [0, 0.1) is 0 Å². The van der Waals surface area contributed by atoms with Crippen molar-refractivity contribution in [3.63, 3.8) is 0 Å². The average molecular weight is 230 g/mol. The van der Waals surface area contributed by atoms with E-state index in [1.165, 1.54) is 0 Å². The van der Waals surface area contributed by atoms with Crippen molar-refractivity contribution in [3.05, 3.63) is 0 Å². The third kappa shape index (κ3) is 4.37. The molecule has 0 aromatic rings. The van der Waals surface area contributed by atoms with Gasteiger partial charge in [-0.25, -0.2) is 0 Å². The van der Waals surface area contributed by atoms with Crippen LogP contribution in [0.5, 0.6) is 0 Å². The minimum atomic E-state index is 0.401. The van der Waals surface area contributed by atoms with Crippen LogP contribution in [-0.2, 0) is 9.47 Å². The second kappa shape index (κ2) is 7.22. The molecule has 16 heavy (non-hydrogen) atoms. The molecule has 0 aromatic carbocycles. The Labute approximate surface area is 99.3 Å². The highest BCUT2D eigenvalue weighted by atomic mass is 16.5. The van der Waals surface area contributed by atoms with Gasteiger partial charge in [0, 0.05) is 45.9 Å². The van der Waals surface area contributed by atoms with E-state index in [0.29, 0.717) is 18.2 Å². The summed E-state index contributed by atoms with van der Waals surface area (Å²) in [5.41, 5.74) is 0. The lowest BCUT2D eigenvalue weighted by Crippen LogP contribution is -2.45. The Morgan fingerprint density at radius 2 is 2.12 bits per heavy atom. The Morgan fingerprint density at radius 3 is 2.62 bits per heavy atom. The lowest BCUT2D eigenvalue weighted by atomic mass is 10.2. The lowest BCUT2D eigenvalue weighted by Gasteiger charge is -2.28. The normalized spacial score (nSPS) is 24.2. The average Bonchev–Trinajstić information content (AvgIpc) is 2.72. The Morgan fingerprint density at radius 1 is 1.38 bits per heavy atom. The number of hydrogen-bond donors (Lipinski definition) is 1. The maximum Gasteiger partial charge on any atom is 0.0710 e. The van der Waals surface area contributed by atoms with Crippen molar-refractivity contribution in [3.8, 4) is 0 Å². The molecule has 0 saturated carbocycles. The highest BCUT2D eigenvalue weighted by Crippen LogP contribution is 2.15. The fraction of sp³-hybridized carbons (Fsp3) is 1.00. The van der Waals surface area contributed by atoms with E-state index < -0.39 is 0 Å². The molecule has 1 N–H and O–H groups in total. The summed E-state index contributed by atoms with van der Waals surface area (Å²) < 4.78 is 10.7. The molecule has 1 aliphatic rings. The van der Waals surface area contributed by atoms with Crippen LogP contribution in [0.25, 0.3) is 0 Å². The Hall–Kier alpha value is -0.160. The van der Waals surface area contributed by atoms with Gasteiger partial charge in [-0.1, -0.05) is 13.8 Å². The third-order valence-corrected chi connectivity index (χ3v) is 3.15. The van der Waals surface area contributed by atoms with Crippen LogP contribution in [0.4, 0.5) is 0 Å². The van der Waals surface area contributed by atoms with Crippen molar-refractivity contribution in [2.24, 2.45) is 0 Å². The second-order valence-corrected chi connectivity index (χ2v) is 4.81. The molecule has 0 aliphatic carbocycles. The van der Waals surface area contributed by atoms with Crippen LogP contribution in [0.15, 0.2) is 0 Å². The maximum absolute atomic E-state index is 5.39. The standard InChI is InChI=1S/C12H26N2O2/c1-10(2)13-7-11(9-15-3)14-6-5-12(8-14)16-4/h10-13H,5-9H2,1-4H3. The van der Waals surface area contributed by atoms with Gasteiger partial charge in [-0.3, -0.25) is 4.90 Å². The van der Waals surface area contributed by atoms with Crippen LogP contribution >= 0.6 is 0 Å². The molecule has 0 radical (unpaired) electrons. The van der Waals surface area contributed by atoms with Crippen molar-refractivity contribution in [2.45, 2.75) is 38.5 Å². The van der Waals surface area contributed by atoms with Crippen molar-refractivity contribution in [2.75, 3.05) is 40.5 Å². The molecule has 96 valence electrons. The molecule has 4 heteroatoms. The van der Waals surface area contributed by atoms with Gasteiger partial charge in [0.1, 0.15) is 0 Å². The van der Waals surface area contributed by atoms with Gasteiger partial charge in [-0.15, -0.1) is 0 Å². The monoisotopic (exact) mass is 230 g/mol. The molecule has 0 amide bonds. The highest BCUT2D eigenvalue weighted by molar-refractivity contribution is 4.83. The molecule has 0 spiro atoms. The van der Waals surface area contributed by atoms with E-state index >= 15 is 0 Å². The predicted molar refractivity (Wildman–Crippen MR) is 65.8 cm³/mol. The van der Waals surface area contributed by atoms with Gasteiger partial charge in [0.15, 0.2) is 0 Å². The third-order valence-electron chi connectivity index (χ3n) is 3.15. The van der Waals surface area contributed by atoms with Gasteiger partial charge in [-0.05, 0) is 6.42 Å². The predicted octanol–water partition coefficient (Wildman–Crippen LogP) is 0.720. The van der Waals surface area contributed by atoms with Gasteiger partial charge in [0.25, 0.3) is 0 Å². The molecular weight excluding hydrogens is 204 g/mol. The summed E-state index contributed by atoms with van der Waals surface area (Å²) >= 11 is 0. The molecule has 0 bridgehead atoms. The quantitative estimate of drug-likeness (QED) is 0.699. The van der Waals surface area contributed by atoms with Gasteiger partial charge in [0.2, 0.25) is 0 Å². The minimum Gasteiger partial charge on any atom is -0.383 e. The van der Waals surface area contributed by atoms with Gasteiger partial charge in [-0.2, -0.15) is 0 Å². The van der Waals surface area contributed by atoms with E-state index in [2.05, 4.69) is 24.1 Å². The lowest BCUT2D eigenvalue weighted by molar-refractivity contribution is 0.0750. The summed E-state index contributed by atoms with van der Waals surface area (Å²) in [6.45, 7) is 8.27. The van der Waals surface area contributed by atoms with E-state index in [-0.39, 0.29) is 0 Å². The molecule has 1 heterocycles. The number of rotatable bonds is 7. The van der Waals surface area contributed by atoms with Crippen molar-refractivity contribution in [1.29, 1.82) is 0 Å². The van der Waals surface area contributed by atoms with Crippen molar-refractivity contribution >= 4 is 0 Å². The SMILES string of the molecule is COCC(CNC(C)C)N1CCC(OC)C1. The van der Waals surface area contributed by atoms with Crippen LogP contribution in [0.2, 0.25) is 0 Å². The molecule has 1 saturated heterocycles. The zero-order chi connectivity index (χ0) is 12.0. The van der Waals surface area contributed by atoms with Gasteiger partial charge >= 0.3 is 0 Å². The first kappa shape index (κ1) is 13.9. The zero-order valence-corrected chi connectivity index (χ0v) is 11.0. The van der Waals surface area contributed by atoms with Crippen LogP contribution in [0.1, 0.15) is 20.3 Å². The van der Waals surface area contributed by atoms with E-state index in [9.17, 15) is 0 Å². The molecule has 1 rings (SSSR count). The number of likely N-dealkylation sites (tertiary alicyclic amines) is 1.